The van der Waals surface area contributed by atoms with E-state index in [0.717, 1.165) is 0 Å². The number of aliphatic hydroxyl groups excluding tert-OH is 1. The van der Waals surface area contributed by atoms with E-state index in [1.165, 1.54) is 0 Å². The molecule has 1 unspecified atom stereocenters. The molecular weight excluding hydrogens is 388 g/mol. The summed E-state index contributed by atoms with van der Waals surface area (Å²) in [6.07, 6.45) is 1.49. The van der Waals surface area contributed by atoms with Crippen LogP contribution in [0.4, 0.5) is 14.6 Å². The van der Waals surface area contributed by atoms with Crippen molar-refractivity contribution in [2.75, 3.05) is 25.0 Å². The van der Waals surface area contributed by atoms with Gasteiger partial charge in [-0.25, -0.2) is 13.8 Å². The second-order valence-corrected chi connectivity index (χ2v) is 7.63. The summed E-state index contributed by atoms with van der Waals surface area (Å²) in [5.74, 6) is -2.62. The van der Waals surface area contributed by atoms with E-state index in [4.69, 9.17) is 16.7 Å². The van der Waals surface area contributed by atoms with Crippen LogP contribution in [0.2, 0.25) is 5.02 Å². The summed E-state index contributed by atoms with van der Waals surface area (Å²) in [4.78, 5) is 17.2. The predicted octanol–water partition coefficient (Wildman–Crippen LogP) is 4.24. The quantitative estimate of drug-likeness (QED) is 0.596. The van der Waals surface area contributed by atoms with Gasteiger partial charge in [0.2, 0.25) is 5.92 Å². The Morgan fingerprint density at radius 2 is 2.14 bits per heavy atom. The minimum absolute atomic E-state index is 0.0764. The number of carbonyl (C=O) groups is 1. The molecule has 1 fully saturated rings. The Bertz CT molecular complexity index is 848. The molecule has 152 valence electrons. The zero-order chi connectivity index (χ0) is 20.1. The lowest BCUT2D eigenvalue weighted by Crippen LogP contribution is -2.35. The molecule has 0 radical (unpaired) electrons. The van der Waals surface area contributed by atoms with Crippen LogP contribution in [0.3, 0.4) is 0 Å². The largest absolute Gasteiger partial charge is 0.396 e. The number of fused-ring (bicyclic) bond motifs is 1. The topological polar surface area (TPSA) is 74.2 Å². The summed E-state index contributed by atoms with van der Waals surface area (Å²) >= 11 is 6.26. The van der Waals surface area contributed by atoms with Crippen LogP contribution in [0.25, 0.3) is 10.9 Å². The van der Waals surface area contributed by atoms with Crippen LogP contribution in [0, 0.1) is 5.92 Å². The molecule has 1 aliphatic carbocycles. The minimum atomic E-state index is -2.64. The van der Waals surface area contributed by atoms with Gasteiger partial charge in [-0.2, -0.15) is 0 Å². The molecule has 2 aromatic rings. The van der Waals surface area contributed by atoms with Crippen molar-refractivity contribution < 1.29 is 18.7 Å². The standard InChI is InChI=1S/C20H24ClF2N3O2/c21-15-5-6-16-14(4-7-17(26-16)24-9-2-10-27)18(15)19(28)25-12-13-3-1-8-20(22,23)11-13/h4-7,13,27H,1-3,8-12H2,(H,24,26)(H,25,28). The molecule has 1 heterocycles. The maximum absolute atomic E-state index is 13.6. The molecule has 0 saturated heterocycles. The van der Waals surface area contributed by atoms with Crippen LogP contribution in [0.15, 0.2) is 24.3 Å². The monoisotopic (exact) mass is 411 g/mol. The Morgan fingerprint density at radius 3 is 2.89 bits per heavy atom. The number of carbonyl (C=O) groups excluding carboxylic acids is 1. The minimum Gasteiger partial charge on any atom is -0.396 e. The Morgan fingerprint density at radius 1 is 1.32 bits per heavy atom. The lowest BCUT2D eigenvalue weighted by Gasteiger charge is -2.29. The van der Waals surface area contributed by atoms with Crippen LogP contribution >= 0.6 is 11.6 Å². The number of hydrogen-bond donors (Lipinski definition) is 3. The lowest BCUT2D eigenvalue weighted by molar-refractivity contribution is -0.0518. The Labute approximate surface area is 167 Å². The predicted molar refractivity (Wildman–Crippen MR) is 106 cm³/mol. The summed E-state index contributed by atoms with van der Waals surface area (Å²) in [7, 11) is 0. The fraction of sp³-hybridized carbons (Fsp3) is 0.500. The average molecular weight is 412 g/mol. The molecule has 5 nitrogen and oxygen atoms in total. The number of anilines is 1. The number of pyridine rings is 1. The fourth-order valence-electron chi connectivity index (χ4n) is 3.58. The Hall–Kier alpha value is -1.99. The molecule has 1 aliphatic rings. The number of rotatable bonds is 7. The fourth-order valence-corrected chi connectivity index (χ4v) is 3.83. The number of alkyl halides is 2. The van der Waals surface area contributed by atoms with Crippen molar-refractivity contribution in [1.29, 1.82) is 0 Å². The normalized spacial score (nSPS) is 18.8. The second kappa shape index (κ2) is 9.01. The van der Waals surface area contributed by atoms with Crippen LogP contribution in [0.1, 0.15) is 42.5 Å². The van der Waals surface area contributed by atoms with Gasteiger partial charge in [0.25, 0.3) is 5.91 Å². The first kappa shape index (κ1) is 20.7. The number of amides is 1. The molecule has 0 spiro atoms. The van der Waals surface area contributed by atoms with E-state index < -0.39 is 5.92 Å². The molecule has 1 aromatic carbocycles. The number of benzene rings is 1. The van der Waals surface area contributed by atoms with Crippen molar-refractivity contribution in [2.45, 2.75) is 38.0 Å². The highest BCUT2D eigenvalue weighted by Crippen LogP contribution is 2.36. The van der Waals surface area contributed by atoms with Gasteiger partial charge in [0, 0.05) is 37.9 Å². The van der Waals surface area contributed by atoms with E-state index in [2.05, 4.69) is 15.6 Å². The second-order valence-electron chi connectivity index (χ2n) is 7.22. The zero-order valence-electron chi connectivity index (χ0n) is 15.5. The number of aromatic nitrogens is 1. The highest BCUT2D eigenvalue weighted by atomic mass is 35.5. The van der Waals surface area contributed by atoms with Gasteiger partial charge < -0.3 is 15.7 Å². The van der Waals surface area contributed by atoms with Gasteiger partial charge in [-0.15, -0.1) is 0 Å². The molecule has 1 atom stereocenters. The van der Waals surface area contributed by atoms with Gasteiger partial charge in [0.1, 0.15) is 5.82 Å². The molecule has 1 aromatic heterocycles. The average Bonchev–Trinajstić information content (AvgIpc) is 2.65. The number of aliphatic hydroxyl groups is 1. The van der Waals surface area contributed by atoms with Crippen molar-refractivity contribution in [1.82, 2.24) is 10.3 Å². The van der Waals surface area contributed by atoms with Gasteiger partial charge >= 0.3 is 0 Å². The first-order chi connectivity index (χ1) is 13.4. The number of nitrogens with one attached hydrogen (secondary N) is 2. The first-order valence-corrected chi connectivity index (χ1v) is 9.87. The maximum Gasteiger partial charge on any atom is 0.253 e. The molecular formula is C20H24ClF2N3O2. The van der Waals surface area contributed by atoms with E-state index >= 15 is 0 Å². The van der Waals surface area contributed by atoms with Crippen LogP contribution in [0.5, 0.6) is 0 Å². The Kier molecular flexibility index (Phi) is 6.67. The first-order valence-electron chi connectivity index (χ1n) is 9.49. The van der Waals surface area contributed by atoms with Gasteiger partial charge in [-0.1, -0.05) is 11.6 Å². The molecule has 3 N–H and O–H groups in total. The van der Waals surface area contributed by atoms with Crippen molar-refractivity contribution in [3.8, 4) is 0 Å². The van der Waals surface area contributed by atoms with E-state index in [1.807, 2.05) is 0 Å². The third-order valence-corrected chi connectivity index (χ3v) is 5.30. The maximum atomic E-state index is 13.6. The van der Waals surface area contributed by atoms with Crippen molar-refractivity contribution in [3.05, 3.63) is 34.9 Å². The zero-order valence-corrected chi connectivity index (χ0v) is 16.2. The smallest absolute Gasteiger partial charge is 0.253 e. The highest BCUT2D eigenvalue weighted by Gasteiger charge is 2.36. The molecule has 8 heteroatoms. The summed E-state index contributed by atoms with van der Waals surface area (Å²) in [6.45, 7) is 0.880. The lowest BCUT2D eigenvalue weighted by atomic mass is 9.86. The highest BCUT2D eigenvalue weighted by molar-refractivity contribution is 6.35. The van der Waals surface area contributed by atoms with Crippen LogP contribution < -0.4 is 10.6 Å². The third kappa shape index (κ3) is 5.08. The molecule has 28 heavy (non-hydrogen) atoms. The van der Waals surface area contributed by atoms with Gasteiger partial charge in [0.15, 0.2) is 0 Å². The third-order valence-electron chi connectivity index (χ3n) is 4.98. The van der Waals surface area contributed by atoms with Gasteiger partial charge in [0.05, 0.1) is 16.1 Å². The summed E-state index contributed by atoms with van der Waals surface area (Å²) < 4.78 is 27.1. The number of halogens is 3. The molecule has 0 bridgehead atoms. The van der Waals surface area contributed by atoms with E-state index in [-0.39, 0.29) is 37.8 Å². The molecule has 0 aliphatic heterocycles. The summed E-state index contributed by atoms with van der Waals surface area (Å²) in [5.41, 5.74) is 0.906. The van der Waals surface area contributed by atoms with E-state index in [1.54, 1.807) is 24.3 Å². The van der Waals surface area contributed by atoms with Crippen molar-refractivity contribution in [3.63, 3.8) is 0 Å². The van der Waals surface area contributed by atoms with Gasteiger partial charge in [-0.05, 0) is 49.4 Å². The summed E-state index contributed by atoms with van der Waals surface area (Å²) in [5, 5.41) is 15.6. The Balaban J connectivity index is 1.73. The van der Waals surface area contributed by atoms with E-state index in [9.17, 15) is 13.6 Å². The van der Waals surface area contributed by atoms with Gasteiger partial charge in [-0.3, -0.25) is 4.79 Å². The van der Waals surface area contributed by atoms with Crippen LogP contribution in [-0.2, 0) is 0 Å². The van der Waals surface area contributed by atoms with E-state index in [0.29, 0.717) is 53.1 Å². The van der Waals surface area contributed by atoms with Crippen molar-refractivity contribution >= 4 is 34.2 Å². The number of hydrogen-bond acceptors (Lipinski definition) is 4. The van der Waals surface area contributed by atoms with Crippen molar-refractivity contribution in [2.24, 2.45) is 5.92 Å². The summed E-state index contributed by atoms with van der Waals surface area (Å²) in [6, 6.07) is 6.85. The SMILES string of the molecule is O=C(NCC1CCCC(F)(F)C1)c1c(Cl)ccc2nc(NCCCO)ccc12. The van der Waals surface area contributed by atoms with Crippen LogP contribution in [-0.4, -0.2) is 41.6 Å². The molecule has 1 saturated carbocycles. The number of nitrogens with zero attached hydrogens (tertiary/aromatic N) is 1. The molecule has 1 amide bonds. The molecule has 3 rings (SSSR count).